The number of hydrogen-bond donors (Lipinski definition) is 1. The van der Waals surface area contributed by atoms with Crippen LogP contribution in [0.1, 0.15) is 55.9 Å². The zero-order valence-electron chi connectivity index (χ0n) is 14.6. The molecule has 0 radical (unpaired) electrons. The van der Waals surface area contributed by atoms with Crippen molar-refractivity contribution >= 4 is 29.0 Å². The zero-order chi connectivity index (χ0) is 19.0. The Hall–Kier alpha value is -2.72. The molecule has 0 atom stereocenters. The van der Waals surface area contributed by atoms with Crippen LogP contribution in [-0.2, 0) is 6.54 Å². The highest BCUT2D eigenvalue weighted by molar-refractivity contribution is 6.49. The van der Waals surface area contributed by atoms with Gasteiger partial charge in [-0.05, 0) is 24.3 Å². The predicted molar refractivity (Wildman–Crippen MR) is 103 cm³/mol. The van der Waals surface area contributed by atoms with Crippen molar-refractivity contribution in [2.75, 3.05) is 0 Å². The van der Waals surface area contributed by atoms with Gasteiger partial charge in [0, 0.05) is 29.7 Å². The highest BCUT2D eigenvalue weighted by atomic mass is 35.5. The molecule has 2 aromatic carbocycles. The molecule has 1 fully saturated rings. The first-order valence-electron chi connectivity index (χ1n) is 8.99. The summed E-state index contributed by atoms with van der Waals surface area (Å²) in [6, 6.07) is 14.0. The molecule has 2 aliphatic carbocycles. The summed E-state index contributed by atoms with van der Waals surface area (Å²) >= 11 is 6.15. The summed E-state index contributed by atoms with van der Waals surface area (Å²) in [6.07, 6.45) is 2.93. The van der Waals surface area contributed by atoms with Crippen molar-refractivity contribution in [3.8, 4) is 0 Å². The number of carbonyl (C=O) groups excluding carboxylic acids is 3. The Morgan fingerprint density at radius 1 is 0.963 bits per heavy atom. The van der Waals surface area contributed by atoms with Gasteiger partial charge in [-0.3, -0.25) is 14.4 Å². The van der Waals surface area contributed by atoms with Crippen molar-refractivity contribution < 1.29 is 14.4 Å². The largest absolute Gasteiger partial charge is 0.376 e. The van der Waals surface area contributed by atoms with Crippen LogP contribution in [0.2, 0.25) is 0 Å². The van der Waals surface area contributed by atoms with Crippen LogP contribution in [0.5, 0.6) is 0 Å². The van der Waals surface area contributed by atoms with Crippen molar-refractivity contribution in [2.45, 2.75) is 25.8 Å². The number of benzene rings is 2. The van der Waals surface area contributed by atoms with E-state index in [9.17, 15) is 14.4 Å². The van der Waals surface area contributed by atoms with E-state index in [-0.39, 0.29) is 28.1 Å². The summed E-state index contributed by atoms with van der Waals surface area (Å²) in [5.41, 5.74) is 2.41. The van der Waals surface area contributed by atoms with Gasteiger partial charge in [0.05, 0.1) is 0 Å². The van der Waals surface area contributed by atoms with Gasteiger partial charge >= 0.3 is 0 Å². The number of nitrogens with one attached hydrogen (secondary N) is 1. The van der Waals surface area contributed by atoms with Gasteiger partial charge in [0.1, 0.15) is 10.7 Å². The molecule has 4 rings (SSSR count). The Morgan fingerprint density at radius 3 is 2.22 bits per heavy atom. The van der Waals surface area contributed by atoms with E-state index in [4.69, 9.17) is 11.6 Å². The third kappa shape index (κ3) is 3.58. The fourth-order valence-corrected chi connectivity index (χ4v) is 3.46. The van der Waals surface area contributed by atoms with Gasteiger partial charge in [0.2, 0.25) is 11.6 Å². The lowest BCUT2D eigenvalue weighted by molar-refractivity contribution is 0.0974. The summed E-state index contributed by atoms with van der Waals surface area (Å²) in [7, 11) is 0. The number of allylic oxidation sites excluding steroid dienone is 2. The summed E-state index contributed by atoms with van der Waals surface area (Å²) in [5, 5.41) is 2.90. The van der Waals surface area contributed by atoms with Crippen molar-refractivity contribution in [1.82, 2.24) is 5.32 Å². The summed E-state index contributed by atoms with van der Waals surface area (Å²) < 4.78 is 0. The minimum Gasteiger partial charge on any atom is -0.376 e. The van der Waals surface area contributed by atoms with Gasteiger partial charge in [0.25, 0.3) is 0 Å². The van der Waals surface area contributed by atoms with Crippen LogP contribution in [0.3, 0.4) is 0 Å². The van der Waals surface area contributed by atoms with E-state index in [0.717, 1.165) is 18.4 Å². The van der Waals surface area contributed by atoms with Gasteiger partial charge < -0.3 is 5.32 Å². The van der Waals surface area contributed by atoms with Crippen LogP contribution >= 0.6 is 11.6 Å². The Labute approximate surface area is 162 Å². The summed E-state index contributed by atoms with van der Waals surface area (Å²) in [5.74, 6) is 0.0971. The first-order chi connectivity index (χ1) is 13.0. The van der Waals surface area contributed by atoms with E-state index in [1.165, 1.54) is 0 Å². The van der Waals surface area contributed by atoms with E-state index < -0.39 is 0 Å². The standard InChI is InChI=1S/C22H18ClNO3/c23-19-20(22(27)17-4-2-1-3-16(17)21(19)26)24-12-14-7-9-15(10-8-14)18(25)11-13-5-6-13/h1-4,7-10,13,24H,5-6,11-12H2. The topological polar surface area (TPSA) is 63.2 Å². The molecule has 2 aromatic rings. The van der Waals surface area contributed by atoms with Crippen molar-refractivity contribution in [3.63, 3.8) is 0 Å². The molecule has 1 N–H and O–H groups in total. The van der Waals surface area contributed by atoms with Crippen LogP contribution in [0, 0.1) is 5.92 Å². The molecule has 27 heavy (non-hydrogen) atoms. The van der Waals surface area contributed by atoms with Crippen molar-refractivity contribution in [1.29, 1.82) is 0 Å². The maximum Gasteiger partial charge on any atom is 0.211 e. The first kappa shape index (κ1) is 17.7. The smallest absolute Gasteiger partial charge is 0.211 e. The fraction of sp³-hybridized carbons (Fsp3) is 0.227. The lowest BCUT2D eigenvalue weighted by Crippen LogP contribution is -2.28. The average molecular weight is 380 g/mol. The van der Waals surface area contributed by atoms with E-state index in [1.54, 1.807) is 36.4 Å². The van der Waals surface area contributed by atoms with Gasteiger partial charge in [-0.15, -0.1) is 0 Å². The molecule has 0 aromatic heterocycles. The van der Waals surface area contributed by atoms with E-state index >= 15 is 0 Å². The zero-order valence-corrected chi connectivity index (χ0v) is 15.4. The molecule has 0 saturated heterocycles. The summed E-state index contributed by atoms with van der Waals surface area (Å²) in [4.78, 5) is 37.1. The molecule has 0 unspecified atom stereocenters. The van der Waals surface area contributed by atoms with Crippen LogP contribution in [-0.4, -0.2) is 17.3 Å². The minimum absolute atomic E-state index is 0.0880. The first-order valence-corrected chi connectivity index (χ1v) is 9.36. The highest BCUT2D eigenvalue weighted by Gasteiger charge is 2.31. The van der Waals surface area contributed by atoms with Crippen LogP contribution in [0.15, 0.2) is 59.3 Å². The SMILES string of the molecule is O=C(CC1CC1)c1ccc(CNC2=C(Cl)C(=O)c3ccccc3C2=O)cc1. The Morgan fingerprint density at radius 2 is 1.59 bits per heavy atom. The second-order valence-corrected chi connectivity index (χ2v) is 7.39. The normalized spacial score (nSPS) is 16.3. The Balaban J connectivity index is 1.46. The third-order valence-corrected chi connectivity index (χ3v) is 5.34. The molecule has 0 bridgehead atoms. The number of ketones is 3. The van der Waals surface area contributed by atoms with E-state index in [0.29, 0.717) is 35.6 Å². The molecule has 0 aliphatic heterocycles. The van der Waals surface area contributed by atoms with Crippen LogP contribution in [0.25, 0.3) is 0 Å². The van der Waals surface area contributed by atoms with E-state index in [2.05, 4.69) is 5.32 Å². The quantitative estimate of drug-likeness (QED) is 0.760. The number of carbonyl (C=O) groups is 3. The van der Waals surface area contributed by atoms with Gasteiger partial charge in [-0.25, -0.2) is 0 Å². The average Bonchev–Trinajstić information content (AvgIpc) is 3.50. The second kappa shape index (κ2) is 7.12. The van der Waals surface area contributed by atoms with Gasteiger partial charge in [0.15, 0.2) is 5.78 Å². The van der Waals surface area contributed by atoms with Crippen molar-refractivity contribution in [2.24, 2.45) is 5.92 Å². The van der Waals surface area contributed by atoms with Gasteiger partial charge in [-0.2, -0.15) is 0 Å². The monoisotopic (exact) mass is 379 g/mol. The van der Waals surface area contributed by atoms with Crippen LogP contribution < -0.4 is 5.32 Å². The third-order valence-electron chi connectivity index (χ3n) is 4.98. The molecule has 4 nitrogen and oxygen atoms in total. The number of rotatable bonds is 6. The lowest BCUT2D eigenvalue weighted by atomic mass is 9.92. The molecule has 0 heterocycles. The second-order valence-electron chi connectivity index (χ2n) is 7.01. The molecule has 136 valence electrons. The number of fused-ring (bicyclic) bond motifs is 1. The van der Waals surface area contributed by atoms with Gasteiger partial charge in [-0.1, -0.05) is 60.1 Å². The molecule has 0 amide bonds. The predicted octanol–water partition coefficient (Wildman–Crippen LogP) is 4.29. The molecule has 5 heteroatoms. The fourth-order valence-electron chi connectivity index (χ4n) is 3.20. The lowest BCUT2D eigenvalue weighted by Gasteiger charge is -2.19. The minimum atomic E-state index is -0.351. The molecule has 0 spiro atoms. The van der Waals surface area contributed by atoms with Crippen LogP contribution in [0.4, 0.5) is 0 Å². The number of Topliss-reactive ketones (excluding diaryl/α,β-unsaturated/α-hetero) is 3. The Bertz CT molecular complexity index is 971. The number of halogens is 1. The molecular formula is C22H18ClNO3. The Kier molecular flexibility index (Phi) is 4.66. The highest BCUT2D eigenvalue weighted by Crippen LogP contribution is 2.33. The van der Waals surface area contributed by atoms with E-state index in [1.807, 2.05) is 12.1 Å². The maximum absolute atomic E-state index is 12.6. The van der Waals surface area contributed by atoms with Crippen molar-refractivity contribution in [3.05, 3.63) is 81.5 Å². The molecular weight excluding hydrogens is 362 g/mol. The molecule has 2 aliphatic rings. The molecule has 1 saturated carbocycles. The summed E-state index contributed by atoms with van der Waals surface area (Å²) in [6.45, 7) is 0.337. The maximum atomic E-state index is 12.6. The number of hydrogen-bond acceptors (Lipinski definition) is 4.